The molecule has 3 rings (SSSR count). The van der Waals surface area contributed by atoms with Crippen molar-refractivity contribution < 1.29 is 19.4 Å². The Morgan fingerprint density at radius 3 is 2.75 bits per heavy atom. The minimum Gasteiger partial charge on any atom is -0.472 e. The first kappa shape index (κ1) is 14.1. The van der Waals surface area contributed by atoms with Gasteiger partial charge in [0, 0.05) is 31.6 Å². The second kappa shape index (κ2) is 5.15. The Labute approximate surface area is 119 Å². The molecule has 2 aliphatic rings. The van der Waals surface area contributed by atoms with Crippen LogP contribution in [-0.4, -0.2) is 52.1 Å². The molecule has 5 heteroatoms. The van der Waals surface area contributed by atoms with E-state index in [1.165, 1.54) is 0 Å². The normalized spacial score (nSPS) is 34.5. The van der Waals surface area contributed by atoms with E-state index in [4.69, 9.17) is 9.15 Å². The number of aliphatic hydroxyl groups excluding tert-OH is 1. The fraction of sp³-hybridized carbons (Fsp3) is 0.733. The van der Waals surface area contributed by atoms with E-state index >= 15 is 0 Å². The molecule has 0 amide bonds. The summed E-state index contributed by atoms with van der Waals surface area (Å²) >= 11 is 0. The minimum absolute atomic E-state index is 0.495. The highest BCUT2D eigenvalue weighted by Gasteiger charge is 2.52. The highest BCUT2D eigenvalue weighted by molar-refractivity contribution is 5.07. The first-order valence-electron chi connectivity index (χ1n) is 7.30. The lowest BCUT2D eigenvalue weighted by Gasteiger charge is -2.51. The van der Waals surface area contributed by atoms with Crippen molar-refractivity contribution in [2.45, 2.75) is 50.0 Å². The maximum Gasteiger partial charge on any atom is 0.111 e. The highest BCUT2D eigenvalue weighted by Crippen LogP contribution is 2.39. The zero-order valence-corrected chi connectivity index (χ0v) is 11.9. The number of hydrogen-bond donors (Lipinski definition) is 2. The van der Waals surface area contributed by atoms with Gasteiger partial charge in [0.15, 0.2) is 0 Å². The molecule has 2 atom stereocenters. The van der Waals surface area contributed by atoms with Gasteiger partial charge in [0.1, 0.15) is 6.10 Å². The van der Waals surface area contributed by atoms with Crippen LogP contribution in [0.5, 0.6) is 0 Å². The van der Waals surface area contributed by atoms with Gasteiger partial charge in [0.25, 0.3) is 0 Å². The number of ether oxygens (including phenoxy) is 1. The standard InChI is InChI=1S/C15H23NO4/c1-14(18)5-9-20-15(13(14)17)3-6-16(7-4-15)10-12-2-8-19-11-12/h2,8,11,13,17-18H,3-7,9-10H2,1H3/t13-,14+/m0/s1. The van der Waals surface area contributed by atoms with Gasteiger partial charge in [-0.25, -0.2) is 0 Å². The van der Waals surface area contributed by atoms with Crippen LogP contribution in [0.25, 0.3) is 0 Å². The predicted molar refractivity (Wildman–Crippen MR) is 73.1 cm³/mol. The molecule has 1 aromatic rings. The van der Waals surface area contributed by atoms with Gasteiger partial charge in [-0.15, -0.1) is 0 Å². The molecule has 0 aliphatic carbocycles. The zero-order valence-electron chi connectivity index (χ0n) is 11.9. The van der Waals surface area contributed by atoms with Gasteiger partial charge < -0.3 is 19.4 Å². The van der Waals surface area contributed by atoms with E-state index < -0.39 is 17.3 Å². The SMILES string of the molecule is C[C@@]1(O)CCOC2(CCN(Cc3ccoc3)CC2)[C@H]1O. The summed E-state index contributed by atoms with van der Waals surface area (Å²) in [6.45, 7) is 4.81. The molecular weight excluding hydrogens is 258 g/mol. The van der Waals surface area contributed by atoms with E-state index in [9.17, 15) is 10.2 Å². The van der Waals surface area contributed by atoms with E-state index in [1.807, 2.05) is 6.07 Å². The van der Waals surface area contributed by atoms with Crippen LogP contribution in [-0.2, 0) is 11.3 Å². The Bertz CT molecular complexity index is 435. The molecule has 3 heterocycles. The third-order valence-corrected chi connectivity index (χ3v) is 4.77. The van der Waals surface area contributed by atoms with E-state index in [0.717, 1.165) is 38.0 Å². The largest absolute Gasteiger partial charge is 0.472 e. The Hall–Kier alpha value is -0.880. The second-order valence-corrected chi connectivity index (χ2v) is 6.33. The molecule has 2 fully saturated rings. The fourth-order valence-corrected chi connectivity index (χ4v) is 3.39. The number of aliphatic hydroxyl groups is 2. The lowest BCUT2D eigenvalue weighted by molar-refractivity contribution is -0.246. The average Bonchev–Trinajstić information content (AvgIpc) is 2.92. The van der Waals surface area contributed by atoms with Gasteiger partial charge in [-0.1, -0.05) is 0 Å². The van der Waals surface area contributed by atoms with Crippen LogP contribution in [0.4, 0.5) is 0 Å². The third-order valence-electron chi connectivity index (χ3n) is 4.77. The number of furan rings is 1. The molecule has 2 saturated heterocycles. The average molecular weight is 281 g/mol. The maximum absolute atomic E-state index is 10.4. The quantitative estimate of drug-likeness (QED) is 0.851. The fourth-order valence-electron chi connectivity index (χ4n) is 3.39. The lowest BCUT2D eigenvalue weighted by atomic mass is 9.75. The van der Waals surface area contributed by atoms with Crippen molar-refractivity contribution in [3.05, 3.63) is 24.2 Å². The van der Waals surface area contributed by atoms with Gasteiger partial charge in [-0.3, -0.25) is 4.90 Å². The molecule has 0 unspecified atom stereocenters. The van der Waals surface area contributed by atoms with Crippen LogP contribution in [0.3, 0.4) is 0 Å². The van der Waals surface area contributed by atoms with Crippen molar-refractivity contribution in [3.8, 4) is 0 Å². The summed E-state index contributed by atoms with van der Waals surface area (Å²) in [5.41, 5.74) is -0.447. The Kier molecular flexibility index (Phi) is 3.62. The van der Waals surface area contributed by atoms with Crippen molar-refractivity contribution in [1.29, 1.82) is 0 Å². The van der Waals surface area contributed by atoms with Crippen LogP contribution < -0.4 is 0 Å². The van der Waals surface area contributed by atoms with Crippen molar-refractivity contribution >= 4 is 0 Å². The molecule has 2 N–H and O–H groups in total. The molecule has 5 nitrogen and oxygen atoms in total. The molecule has 1 aromatic heterocycles. The third kappa shape index (κ3) is 2.51. The number of piperidine rings is 1. The van der Waals surface area contributed by atoms with E-state index in [-0.39, 0.29) is 0 Å². The topological polar surface area (TPSA) is 66.1 Å². The van der Waals surface area contributed by atoms with E-state index in [1.54, 1.807) is 19.5 Å². The van der Waals surface area contributed by atoms with Crippen molar-refractivity contribution in [2.24, 2.45) is 0 Å². The van der Waals surface area contributed by atoms with Gasteiger partial charge in [0.05, 0.1) is 30.3 Å². The number of nitrogens with zero attached hydrogens (tertiary/aromatic N) is 1. The first-order chi connectivity index (χ1) is 9.52. The summed E-state index contributed by atoms with van der Waals surface area (Å²) in [6.07, 6.45) is 4.64. The Balaban J connectivity index is 1.62. The van der Waals surface area contributed by atoms with Crippen LogP contribution in [0, 0.1) is 0 Å². The molecule has 0 saturated carbocycles. The molecule has 0 radical (unpaired) electrons. The molecule has 0 bridgehead atoms. The van der Waals surface area contributed by atoms with Crippen LogP contribution >= 0.6 is 0 Å². The summed E-state index contributed by atoms with van der Waals surface area (Å²) in [6, 6.07) is 1.97. The van der Waals surface area contributed by atoms with E-state index in [0.29, 0.717) is 13.0 Å². The summed E-state index contributed by atoms with van der Waals surface area (Å²) in [5.74, 6) is 0. The number of rotatable bonds is 2. The molecule has 2 aliphatic heterocycles. The summed E-state index contributed by atoms with van der Waals surface area (Å²) in [7, 11) is 0. The van der Waals surface area contributed by atoms with Gasteiger partial charge in [-0.2, -0.15) is 0 Å². The van der Waals surface area contributed by atoms with Crippen LogP contribution in [0.1, 0.15) is 31.7 Å². The lowest BCUT2D eigenvalue weighted by Crippen LogP contribution is -2.64. The smallest absolute Gasteiger partial charge is 0.111 e. The van der Waals surface area contributed by atoms with Gasteiger partial charge >= 0.3 is 0 Å². The molecule has 112 valence electrons. The highest BCUT2D eigenvalue weighted by atomic mass is 16.5. The molecule has 0 aromatic carbocycles. The Morgan fingerprint density at radius 2 is 2.10 bits per heavy atom. The molecular formula is C15H23NO4. The second-order valence-electron chi connectivity index (χ2n) is 6.33. The van der Waals surface area contributed by atoms with Crippen molar-refractivity contribution in [3.63, 3.8) is 0 Å². The maximum atomic E-state index is 10.4. The zero-order chi connectivity index (χ0) is 14.2. The monoisotopic (exact) mass is 281 g/mol. The number of hydrogen-bond acceptors (Lipinski definition) is 5. The molecule has 20 heavy (non-hydrogen) atoms. The van der Waals surface area contributed by atoms with E-state index in [2.05, 4.69) is 4.90 Å². The van der Waals surface area contributed by atoms with Crippen molar-refractivity contribution in [2.75, 3.05) is 19.7 Å². The first-order valence-corrected chi connectivity index (χ1v) is 7.30. The predicted octanol–water partition coefficient (Wildman–Crippen LogP) is 1.15. The number of likely N-dealkylation sites (tertiary alicyclic amines) is 1. The van der Waals surface area contributed by atoms with Crippen LogP contribution in [0.2, 0.25) is 0 Å². The molecule has 1 spiro atoms. The van der Waals surface area contributed by atoms with Crippen LogP contribution in [0.15, 0.2) is 23.0 Å². The van der Waals surface area contributed by atoms with Crippen molar-refractivity contribution in [1.82, 2.24) is 4.90 Å². The van der Waals surface area contributed by atoms with Gasteiger partial charge in [0.2, 0.25) is 0 Å². The summed E-state index contributed by atoms with van der Waals surface area (Å²) in [4.78, 5) is 2.33. The van der Waals surface area contributed by atoms with Gasteiger partial charge in [-0.05, 0) is 25.8 Å². The summed E-state index contributed by atoms with van der Waals surface area (Å²) < 4.78 is 11.0. The minimum atomic E-state index is -1.04. The Morgan fingerprint density at radius 1 is 1.35 bits per heavy atom. The summed E-state index contributed by atoms with van der Waals surface area (Å²) in [5, 5.41) is 20.7.